The van der Waals surface area contributed by atoms with Gasteiger partial charge in [0.25, 0.3) is 5.90 Å². The Morgan fingerprint density at radius 1 is 1.10 bits per heavy atom. The first kappa shape index (κ1) is 15.6. The molecule has 0 bridgehead atoms. The molecule has 0 aliphatic carbocycles. The highest BCUT2D eigenvalue weighted by atomic mass is 127. The summed E-state index contributed by atoms with van der Waals surface area (Å²) in [6, 6.07) is 1.21. The van der Waals surface area contributed by atoms with E-state index >= 15 is 0 Å². The number of aromatic nitrogens is 2. The molecular weight excluding hydrogens is 514 g/mol. The summed E-state index contributed by atoms with van der Waals surface area (Å²) in [6.45, 7) is -6.22. The van der Waals surface area contributed by atoms with Gasteiger partial charge in [0.1, 0.15) is 3.70 Å². The van der Waals surface area contributed by atoms with E-state index in [-0.39, 0.29) is 15.3 Å². The van der Waals surface area contributed by atoms with Crippen LogP contribution in [0.2, 0.25) is 0 Å². The van der Waals surface area contributed by atoms with Crippen LogP contribution in [0.1, 0.15) is 0 Å². The van der Waals surface area contributed by atoms with Gasteiger partial charge in [0.05, 0.1) is 0 Å². The van der Waals surface area contributed by atoms with Crippen molar-refractivity contribution in [2.24, 2.45) is 5.10 Å². The van der Waals surface area contributed by atoms with E-state index in [1.54, 1.807) is 45.2 Å². The molecule has 1 radical (unpaired) electrons. The predicted molar refractivity (Wildman–Crippen MR) is 75.5 cm³/mol. The summed E-state index contributed by atoms with van der Waals surface area (Å²) in [6.07, 6.45) is 0. The van der Waals surface area contributed by atoms with Gasteiger partial charge in [-0.2, -0.15) is 27.3 Å². The van der Waals surface area contributed by atoms with Crippen LogP contribution in [0.4, 0.5) is 17.6 Å². The molecule has 0 saturated heterocycles. The van der Waals surface area contributed by atoms with Crippen LogP contribution in [0.5, 0.6) is 5.88 Å². The standard InChI is InChI=1S/C8H3F4I2N4O2/c9-7(10)19-3-1-2(13)17-18(3)4-5(14)15-16-6(4)20-8(11)12/h1,7-8H. The van der Waals surface area contributed by atoms with Crippen molar-refractivity contribution >= 4 is 56.8 Å². The van der Waals surface area contributed by atoms with Crippen LogP contribution in [0.15, 0.2) is 14.9 Å². The lowest BCUT2D eigenvalue weighted by molar-refractivity contribution is -0.0604. The Morgan fingerprint density at radius 3 is 2.35 bits per heavy atom. The second-order valence-electron chi connectivity index (χ2n) is 3.12. The quantitative estimate of drug-likeness (QED) is 0.351. The van der Waals surface area contributed by atoms with E-state index in [4.69, 9.17) is 0 Å². The minimum absolute atomic E-state index is 0.0931. The Kier molecular flexibility index (Phi) is 4.92. The van der Waals surface area contributed by atoms with Crippen molar-refractivity contribution in [2.75, 3.05) is 0 Å². The maximum absolute atomic E-state index is 12.3. The molecule has 0 fully saturated rings. The number of hydrogen-bond acceptors (Lipinski definition) is 4. The molecule has 1 aliphatic heterocycles. The van der Waals surface area contributed by atoms with Crippen molar-refractivity contribution in [3.8, 4) is 5.88 Å². The van der Waals surface area contributed by atoms with Crippen LogP contribution >= 0.6 is 45.2 Å². The van der Waals surface area contributed by atoms with Gasteiger partial charge in [0, 0.05) is 6.07 Å². The fourth-order valence-electron chi connectivity index (χ4n) is 1.29. The number of nitrogens with zero attached hydrogens (tertiary/aromatic N) is 4. The van der Waals surface area contributed by atoms with Gasteiger partial charge in [-0.1, -0.05) is 0 Å². The van der Waals surface area contributed by atoms with Gasteiger partial charge < -0.3 is 9.47 Å². The third kappa shape index (κ3) is 3.44. The normalized spacial score (nSPS) is 14.9. The molecule has 0 N–H and O–H groups in total. The van der Waals surface area contributed by atoms with Crippen molar-refractivity contribution in [3.63, 3.8) is 0 Å². The Hall–Kier alpha value is -0.800. The van der Waals surface area contributed by atoms with Crippen molar-refractivity contribution in [2.45, 2.75) is 13.2 Å². The molecule has 20 heavy (non-hydrogen) atoms. The minimum Gasteiger partial charge on any atom is -0.417 e. The number of hydrogen-bond donors (Lipinski definition) is 0. The molecule has 0 spiro atoms. The second kappa shape index (κ2) is 6.31. The molecule has 109 valence electrons. The van der Waals surface area contributed by atoms with Crippen LogP contribution in [0.25, 0.3) is 5.70 Å². The number of halogens is 6. The van der Waals surface area contributed by atoms with E-state index in [9.17, 15) is 17.6 Å². The van der Waals surface area contributed by atoms with E-state index in [0.717, 1.165) is 4.68 Å². The van der Waals surface area contributed by atoms with E-state index < -0.39 is 19.1 Å². The van der Waals surface area contributed by atoms with Gasteiger partial charge >= 0.3 is 13.2 Å². The number of ether oxygens (including phenoxy) is 2. The highest BCUT2D eigenvalue weighted by Gasteiger charge is 2.29. The minimum atomic E-state index is -3.13. The third-order valence-corrected chi connectivity index (χ3v) is 3.15. The predicted octanol–water partition coefficient (Wildman–Crippen LogP) is 2.82. The number of rotatable bonds is 4. The zero-order chi connectivity index (χ0) is 14.9. The van der Waals surface area contributed by atoms with Crippen LogP contribution < -0.4 is 10.2 Å². The van der Waals surface area contributed by atoms with Crippen molar-refractivity contribution in [1.29, 1.82) is 0 Å². The monoisotopic (exact) mass is 517 g/mol. The molecule has 12 heteroatoms. The molecule has 0 amide bonds. The van der Waals surface area contributed by atoms with Gasteiger partial charge in [0.2, 0.25) is 5.88 Å². The van der Waals surface area contributed by atoms with Crippen molar-refractivity contribution in [1.82, 2.24) is 15.2 Å². The summed E-state index contributed by atoms with van der Waals surface area (Å²) < 4.78 is 58.9. The topological polar surface area (TPSA) is 62.7 Å². The summed E-state index contributed by atoms with van der Waals surface area (Å²) in [4.78, 5) is 0. The van der Waals surface area contributed by atoms with Gasteiger partial charge in [0.15, 0.2) is 9.40 Å². The fraction of sp³-hybridized carbons (Fsp3) is 0.250. The first-order chi connectivity index (χ1) is 9.38. The summed E-state index contributed by atoms with van der Waals surface area (Å²) >= 11 is 3.44. The third-order valence-electron chi connectivity index (χ3n) is 1.90. The Morgan fingerprint density at radius 2 is 1.75 bits per heavy atom. The SMILES string of the molecule is FC(F)OC1=N[N]C(I)=C1n1nc(I)cc1OC(F)F. The first-order valence-electron chi connectivity index (χ1n) is 4.73. The molecule has 0 atom stereocenters. The molecule has 1 aromatic heterocycles. The summed E-state index contributed by atoms with van der Waals surface area (Å²) in [7, 11) is 0. The zero-order valence-electron chi connectivity index (χ0n) is 9.11. The Labute approximate surface area is 136 Å². The molecule has 6 nitrogen and oxygen atoms in total. The van der Waals surface area contributed by atoms with Gasteiger partial charge in [-0.25, -0.2) is 0 Å². The van der Waals surface area contributed by atoms with E-state index in [2.05, 4.69) is 25.1 Å². The second-order valence-corrected chi connectivity index (χ2v) is 5.25. The average Bonchev–Trinajstić information content (AvgIpc) is 2.81. The van der Waals surface area contributed by atoms with Gasteiger partial charge in [-0.05, 0) is 45.2 Å². The smallest absolute Gasteiger partial charge is 0.388 e. The molecule has 2 heterocycles. The molecule has 0 aromatic carbocycles. The highest BCUT2D eigenvalue weighted by Crippen LogP contribution is 2.30. The lowest BCUT2D eigenvalue weighted by Crippen LogP contribution is -2.17. The molecule has 1 aromatic rings. The van der Waals surface area contributed by atoms with Gasteiger partial charge in [-0.3, -0.25) is 0 Å². The molecule has 2 rings (SSSR count). The zero-order valence-corrected chi connectivity index (χ0v) is 13.4. The van der Waals surface area contributed by atoms with E-state index in [1.165, 1.54) is 6.07 Å². The maximum atomic E-state index is 12.3. The first-order valence-corrected chi connectivity index (χ1v) is 6.88. The Balaban J connectivity index is 2.39. The summed E-state index contributed by atoms with van der Waals surface area (Å²) in [5, 5.41) is 7.27. The van der Waals surface area contributed by atoms with Crippen molar-refractivity contribution < 1.29 is 27.0 Å². The van der Waals surface area contributed by atoms with Gasteiger partial charge in [-0.15, -0.1) is 10.5 Å². The van der Waals surface area contributed by atoms with Crippen LogP contribution in [-0.4, -0.2) is 28.9 Å². The van der Waals surface area contributed by atoms with E-state index in [0.29, 0.717) is 3.70 Å². The molecule has 1 aliphatic rings. The Bertz CT molecular complexity index is 575. The molecular formula is C8H3F4I2N4O2. The maximum Gasteiger partial charge on any atom is 0.388 e. The van der Waals surface area contributed by atoms with Crippen LogP contribution in [-0.2, 0) is 4.74 Å². The van der Waals surface area contributed by atoms with E-state index in [1.807, 2.05) is 0 Å². The average molecular weight is 517 g/mol. The van der Waals surface area contributed by atoms with Crippen LogP contribution in [0, 0.1) is 3.70 Å². The summed E-state index contributed by atoms with van der Waals surface area (Å²) in [5.74, 6) is -0.862. The highest BCUT2D eigenvalue weighted by molar-refractivity contribution is 14.1. The lowest BCUT2D eigenvalue weighted by Gasteiger charge is -2.10. The largest absolute Gasteiger partial charge is 0.417 e. The molecule has 0 saturated carbocycles. The number of alkyl halides is 4. The van der Waals surface area contributed by atoms with Crippen molar-refractivity contribution in [3.05, 3.63) is 13.5 Å². The fourth-order valence-corrected chi connectivity index (χ4v) is 2.34. The lowest BCUT2D eigenvalue weighted by atomic mass is 10.4. The van der Waals surface area contributed by atoms with Crippen LogP contribution in [0.3, 0.4) is 0 Å². The summed E-state index contributed by atoms with van der Waals surface area (Å²) in [5.41, 5.74) is 3.45. The molecule has 0 unspecified atom stereocenters.